The first-order chi connectivity index (χ1) is 7.59. The Labute approximate surface area is 87.3 Å². The van der Waals surface area contributed by atoms with Crippen LogP contribution >= 0.6 is 0 Å². The quantitative estimate of drug-likeness (QED) is 0.619. The van der Waals surface area contributed by atoms with Crippen molar-refractivity contribution in [3.8, 4) is 11.5 Å². The number of nitrogens with zero attached hydrogens (tertiary/aromatic N) is 2. The summed E-state index contributed by atoms with van der Waals surface area (Å²) in [5, 5.41) is 19.1. The molecule has 0 amide bonds. The molecule has 2 aromatic heterocycles. The zero-order valence-corrected chi connectivity index (χ0v) is 7.61. The van der Waals surface area contributed by atoms with Gasteiger partial charge in [0.25, 0.3) is 0 Å². The second-order valence-corrected chi connectivity index (χ2v) is 2.73. The third-order valence-electron chi connectivity index (χ3n) is 1.77. The lowest BCUT2D eigenvalue weighted by molar-refractivity contribution is -0.401. The standard InChI is InChI=1S/C8H4N2O6/c11-8(12)6-7(15-3-9-6)4-1-2-5(16-4)10(13)14/h1-3H,(H,11,12). The number of rotatable bonds is 3. The molecule has 0 fully saturated rings. The van der Waals surface area contributed by atoms with Crippen LogP contribution in [0.4, 0.5) is 5.88 Å². The molecule has 0 atom stereocenters. The van der Waals surface area contributed by atoms with Crippen LogP contribution in [-0.4, -0.2) is 21.0 Å². The smallest absolute Gasteiger partial charge is 0.433 e. The highest BCUT2D eigenvalue weighted by Gasteiger charge is 2.22. The van der Waals surface area contributed by atoms with Crippen LogP contribution in [0.3, 0.4) is 0 Å². The monoisotopic (exact) mass is 224 g/mol. The topological polar surface area (TPSA) is 120 Å². The molecule has 0 radical (unpaired) electrons. The summed E-state index contributed by atoms with van der Waals surface area (Å²) >= 11 is 0. The molecule has 2 heterocycles. The SMILES string of the molecule is O=C(O)c1ncoc1-c1ccc([N+](=O)[O-])o1. The van der Waals surface area contributed by atoms with E-state index >= 15 is 0 Å². The van der Waals surface area contributed by atoms with Crippen LogP contribution in [-0.2, 0) is 0 Å². The number of carboxylic acids is 1. The van der Waals surface area contributed by atoms with Crippen LogP contribution in [0.25, 0.3) is 11.5 Å². The van der Waals surface area contributed by atoms with E-state index in [9.17, 15) is 14.9 Å². The molecule has 0 aliphatic rings. The summed E-state index contributed by atoms with van der Waals surface area (Å²) in [6.45, 7) is 0. The third kappa shape index (κ3) is 1.52. The lowest BCUT2D eigenvalue weighted by atomic mass is 10.3. The first kappa shape index (κ1) is 9.90. The van der Waals surface area contributed by atoms with Gasteiger partial charge in [0.1, 0.15) is 4.92 Å². The number of nitro groups is 1. The lowest BCUT2D eigenvalue weighted by Crippen LogP contribution is -1.97. The van der Waals surface area contributed by atoms with Gasteiger partial charge in [-0.3, -0.25) is 10.1 Å². The second-order valence-electron chi connectivity index (χ2n) is 2.73. The Morgan fingerprint density at radius 2 is 2.25 bits per heavy atom. The van der Waals surface area contributed by atoms with E-state index in [0.29, 0.717) is 0 Å². The fraction of sp³-hybridized carbons (Fsp3) is 0. The number of furan rings is 1. The number of oxazole rings is 1. The molecule has 0 bridgehead atoms. The molecular formula is C8H4N2O6. The van der Waals surface area contributed by atoms with Crippen LogP contribution in [0, 0.1) is 10.1 Å². The van der Waals surface area contributed by atoms with Gasteiger partial charge >= 0.3 is 11.9 Å². The Balaban J connectivity index is 2.46. The maximum Gasteiger partial charge on any atom is 0.433 e. The van der Waals surface area contributed by atoms with E-state index in [1.165, 1.54) is 6.07 Å². The Bertz CT molecular complexity index is 554. The number of carbonyl (C=O) groups is 1. The Morgan fingerprint density at radius 3 is 2.81 bits per heavy atom. The van der Waals surface area contributed by atoms with Gasteiger partial charge in [-0.1, -0.05) is 0 Å². The molecule has 0 spiro atoms. The molecule has 16 heavy (non-hydrogen) atoms. The zero-order valence-electron chi connectivity index (χ0n) is 7.61. The fourth-order valence-electron chi connectivity index (χ4n) is 1.12. The second kappa shape index (κ2) is 3.50. The molecular weight excluding hydrogens is 220 g/mol. The molecule has 8 heteroatoms. The molecule has 0 aliphatic heterocycles. The predicted octanol–water partition coefficient (Wildman–Crippen LogP) is 1.54. The highest BCUT2D eigenvalue weighted by atomic mass is 16.6. The molecule has 0 saturated heterocycles. The highest BCUT2D eigenvalue weighted by molar-refractivity contribution is 5.91. The van der Waals surface area contributed by atoms with Gasteiger partial charge in [0.15, 0.2) is 17.8 Å². The first-order valence-corrected chi connectivity index (χ1v) is 4.01. The average Bonchev–Trinajstić information content (AvgIpc) is 2.86. The average molecular weight is 224 g/mol. The van der Waals surface area contributed by atoms with Crippen LogP contribution in [0.1, 0.15) is 10.5 Å². The maximum atomic E-state index is 10.7. The van der Waals surface area contributed by atoms with Crippen molar-refractivity contribution >= 4 is 11.9 Å². The van der Waals surface area contributed by atoms with Crippen molar-refractivity contribution in [2.45, 2.75) is 0 Å². The van der Waals surface area contributed by atoms with Gasteiger partial charge in [-0.05, 0) is 6.07 Å². The summed E-state index contributed by atoms with van der Waals surface area (Å²) < 4.78 is 9.58. The van der Waals surface area contributed by atoms with Crippen LogP contribution in [0.15, 0.2) is 27.4 Å². The van der Waals surface area contributed by atoms with Gasteiger partial charge in [0.2, 0.25) is 5.76 Å². The normalized spacial score (nSPS) is 10.2. The molecule has 0 aromatic carbocycles. The van der Waals surface area contributed by atoms with E-state index in [2.05, 4.69) is 4.98 Å². The summed E-state index contributed by atoms with van der Waals surface area (Å²) in [5.41, 5.74) is -0.357. The van der Waals surface area contributed by atoms with Crippen LogP contribution < -0.4 is 0 Å². The Kier molecular flexibility index (Phi) is 2.16. The van der Waals surface area contributed by atoms with Crippen molar-refractivity contribution < 1.29 is 23.7 Å². The molecule has 0 aliphatic carbocycles. The highest BCUT2D eigenvalue weighted by Crippen LogP contribution is 2.28. The number of hydrogen-bond acceptors (Lipinski definition) is 6. The van der Waals surface area contributed by atoms with E-state index in [1.54, 1.807) is 0 Å². The molecule has 8 nitrogen and oxygen atoms in total. The van der Waals surface area contributed by atoms with Crippen molar-refractivity contribution in [1.29, 1.82) is 0 Å². The van der Waals surface area contributed by atoms with E-state index < -0.39 is 16.8 Å². The first-order valence-electron chi connectivity index (χ1n) is 4.01. The molecule has 82 valence electrons. The molecule has 2 aromatic rings. The molecule has 1 N–H and O–H groups in total. The predicted molar refractivity (Wildman–Crippen MR) is 47.8 cm³/mol. The number of hydrogen-bond donors (Lipinski definition) is 1. The van der Waals surface area contributed by atoms with Crippen molar-refractivity contribution in [3.05, 3.63) is 34.3 Å². The number of aromatic nitrogens is 1. The summed E-state index contributed by atoms with van der Waals surface area (Å²) in [7, 11) is 0. The van der Waals surface area contributed by atoms with Crippen molar-refractivity contribution in [3.63, 3.8) is 0 Å². The van der Waals surface area contributed by atoms with E-state index in [0.717, 1.165) is 12.5 Å². The summed E-state index contributed by atoms with van der Waals surface area (Å²) in [6, 6.07) is 2.34. The minimum absolute atomic E-state index is 0.0541. The molecule has 0 unspecified atom stereocenters. The minimum atomic E-state index is -1.30. The van der Waals surface area contributed by atoms with E-state index in [4.69, 9.17) is 13.9 Å². The van der Waals surface area contributed by atoms with Crippen LogP contribution in [0.2, 0.25) is 0 Å². The van der Waals surface area contributed by atoms with Crippen molar-refractivity contribution in [2.75, 3.05) is 0 Å². The maximum absolute atomic E-state index is 10.7. The Hall–Kier alpha value is -2.64. The summed E-state index contributed by atoms with van der Waals surface area (Å²) in [5.74, 6) is -2.01. The molecule has 2 rings (SSSR count). The van der Waals surface area contributed by atoms with Gasteiger partial charge in [-0.15, -0.1) is 0 Å². The van der Waals surface area contributed by atoms with Gasteiger partial charge in [-0.2, -0.15) is 0 Å². The summed E-state index contributed by atoms with van der Waals surface area (Å²) in [6.07, 6.45) is 0.924. The van der Waals surface area contributed by atoms with Gasteiger partial charge in [0.05, 0.1) is 6.07 Å². The largest absolute Gasteiger partial charge is 0.476 e. The summed E-state index contributed by atoms with van der Waals surface area (Å²) in [4.78, 5) is 23.8. The van der Waals surface area contributed by atoms with Crippen LogP contribution in [0.5, 0.6) is 0 Å². The van der Waals surface area contributed by atoms with Crippen molar-refractivity contribution in [2.24, 2.45) is 0 Å². The number of aromatic carboxylic acids is 1. The molecule has 0 saturated carbocycles. The van der Waals surface area contributed by atoms with E-state index in [1.807, 2.05) is 0 Å². The third-order valence-corrected chi connectivity index (χ3v) is 1.77. The van der Waals surface area contributed by atoms with Gasteiger partial charge < -0.3 is 13.9 Å². The van der Waals surface area contributed by atoms with Crippen molar-refractivity contribution in [1.82, 2.24) is 4.98 Å². The fourth-order valence-corrected chi connectivity index (χ4v) is 1.12. The van der Waals surface area contributed by atoms with Gasteiger partial charge in [0, 0.05) is 0 Å². The minimum Gasteiger partial charge on any atom is -0.476 e. The van der Waals surface area contributed by atoms with E-state index in [-0.39, 0.29) is 17.2 Å². The Morgan fingerprint density at radius 1 is 1.50 bits per heavy atom. The zero-order chi connectivity index (χ0) is 11.7. The lowest BCUT2D eigenvalue weighted by Gasteiger charge is -1.90. The number of carboxylic acid groups (broad SMARTS) is 1. The van der Waals surface area contributed by atoms with Gasteiger partial charge in [-0.25, -0.2) is 9.78 Å².